The van der Waals surface area contributed by atoms with E-state index in [1.807, 2.05) is 5.32 Å². The molecule has 0 spiro atoms. The van der Waals surface area contributed by atoms with Gasteiger partial charge >= 0.3 is 6.18 Å². The first-order valence-electron chi connectivity index (χ1n) is 8.60. The molecule has 3 rings (SSSR count). The van der Waals surface area contributed by atoms with Gasteiger partial charge in [0.15, 0.2) is 6.10 Å². The van der Waals surface area contributed by atoms with Crippen molar-refractivity contribution in [3.8, 4) is 16.9 Å². The lowest BCUT2D eigenvalue weighted by Gasteiger charge is -2.15. The van der Waals surface area contributed by atoms with Gasteiger partial charge < -0.3 is 10.4 Å². The molecular weight excluding hydrogens is 444 g/mol. The first kappa shape index (κ1) is 22.4. The predicted molar refractivity (Wildman–Crippen MR) is 102 cm³/mol. The van der Waals surface area contributed by atoms with E-state index in [-0.39, 0.29) is 11.4 Å². The van der Waals surface area contributed by atoms with Crippen LogP contribution < -0.4 is 10.9 Å². The molecule has 3 aromatic rings. The molecular formula is C19H13ClF4N4O3. The maximum absolute atomic E-state index is 13.6. The van der Waals surface area contributed by atoms with Crippen molar-refractivity contribution in [3.05, 3.63) is 75.5 Å². The Morgan fingerprint density at radius 2 is 1.87 bits per heavy atom. The lowest BCUT2D eigenvalue weighted by atomic mass is 10.1. The molecule has 0 saturated heterocycles. The highest BCUT2D eigenvalue weighted by atomic mass is 35.5. The van der Waals surface area contributed by atoms with Gasteiger partial charge in [0.2, 0.25) is 0 Å². The molecule has 0 aliphatic heterocycles. The molecule has 7 nitrogen and oxygen atoms in total. The molecule has 1 unspecified atom stereocenters. The van der Waals surface area contributed by atoms with Crippen LogP contribution in [0.5, 0.6) is 0 Å². The van der Waals surface area contributed by atoms with E-state index < -0.39 is 41.7 Å². The molecule has 1 aromatic carbocycles. The Kier molecular flexibility index (Phi) is 6.37. The van der Waals surface area contributed by atoms with Gasteiger partial charge in [0, 0.05) is 16.7 Å². The summed E-state index contributed by atoms with van der Waals surface area (Å²) in [5.41, 5.74) is -1.19. The summed E-state index contributed by atoms with van der Waals surface area (Å²) < 4.78 is 51.8. The molecule has 1 atom stereocenters. The van der Waals surface area contributed by atoms with Crippen LogP contribution in [0.15, 0.2) is 53.6 Å². The van der Waals surface area contributed by atoms with Crippen LogP contribution in [-0.2, 0) is 0 Å². The van der Waals surface area contributed by atoms with E-state index in [2.05, 4.69) is 10.1 Å². The molecule has 0 bridgehead atoms. The highest BCUT2D eigenvalue weighted by Crippen LogP contribution is 2.21. The molecule has 1 amide bonds. The fraction of sp³-hybridized carbons (Fsp3) is 0.158. The van der Waals surface area contributed by atoms with Gasteiger partial charge in [-0.3, -0.25) is 14.6 Å². The number of aliphatic hydroxyl groups excluding tert-OH is 1. The van der Waals surface area contributed by atoms with Crippen LogP contribution in [0, 0.1) is 5.82 Å². The number of rotatable bonds is 5. The largest absolute Gasteiger partial charge is 0.416 e. The smallest absolute Gasteiger partial charge is 0.382 e. The second-order valence-corrected chi connectivity index (χ2v) is 6.73. The number of pyridine rings is 1. The lowest BCUT2D eigenvalue weighted by Crippen LogP contribution is -2.42. The van der Waals surface area contributed by atoms with E-state index in [0.29, 0.717) is 15.3 Å². The average molecular weight is 457 g/mol. The third-order valence-electron chi connectivity index (χ3n) is 4.07. The molecule has 0 radical (unpaired) electrons. The number of hydrogen-bond acceptors (Lipinski definition) is 5. The monoisotopic (exact) mass is 456 g/mol. The van der Waals surface area contributed by atoms with Crippen LogP contribution in [0.2, 0.25) is 5.02 Å². The molecule has 0 aliphatic carbocycles. The highest BCUT2D eigenvalue weighted by Gasteiger charge is 2.38. The van der Waals surface area contributed by atoms with E-state index in [0.717, 1.165) is 24.5 Å². The molecule has 0 saturated carbocycles. The zero-order valence-corrected chi connectivity index (χ0v) is 16.2. The van der Waals surface area contributed by atoms with E-state index in [9.17, 15) is 27.2 Å². The van der Waals surface area contributed by atoms with Crippen molar-refractivity contribution in [3.63, 3.8) is 0 Å². The quantitative estimate of drug-likeness (QED) is 0.575. The summed E-state index contributed by atoms with van der Waals surface area (Å²) in [5.74, 6) is -1.95. The Morgan fingerprint density at radius 1 is 1.19 bits per heavy atom. The maximum atomic E-state index is 13.6. The molecule has 162 valence electrons. The van der Waals surface area contributed by atoms with Crippen molar-refractivity contribution in [2.24, 2.45) is 0 Å². The van der Waals surface area contributed by atoms with Gasteiger partial charge in [0.1, 0.15) is 11.4 Å². The van der Waals surface area contributed by atoms with Crippen LogP contribution >= 0.6 is 11.6 Å². The summed E-state index contributed by atoms with van der Waals surface area (Å²) >= 11 is 5.85. The summed E-state index contributed by atoms with van der Waals surface area (Å²) in [5, 5.41) is 15.5. The zero-order valence-electron chi connectivity index (χ0n) is 15.4. The van der Waals surface area contributed by atoms with Gasteiger partial charge in [0.25, 0.3) is 11.5 Å². The topological polar surface area (TPSA) is 97.1 Å². The van der Waals surface area contributed by atoms with E-state index in [1.165, 1.54) is 12.1 Å². The van der Waals surface area contributed by atoms with Gasteiger partial charge in [-0.1, -0.05) is 23.7 Å². The van der Waals surface area contributed by atoms with Crippen molar-refractivity contribution in [2.45, 2.75) is 12.3 Å². The van der Waals surface area contributed by atoms with Gasteiger partial charge in [-0.05, 0) is 18.2 Å². The summed E-state index contributed by atoms with van der Waals surface area (Å²) in [6, 6.07) is 8.15. The van der Waals surface area contributed by atoms with Gasteiger partial charge in [-0.2, -0.15) is 23.0 Å². The van der Waals surface area contributed by atoms with Crippen molar-refractivity contribution < 1.29 is 27.5 Å². The number of aromatic nitrogens is 3. The number of hydrogen-bond donors (Lipinski definition) is 2. The Morgan fingerprint density at radius 3 is 2.48 bits per heavy atom. The maximum Gasteiger partial charge on any atom is 0.416 e. The summed E-state index contributed by atoms with van der Waals surface area (Å²) in [6.45, 7) is -1.16. The van der Waals surface area contributed by atoms with Crippen LogP contribution in [0.1, 0.15) is 10.4 Å². The summed E-state index contributed by atoms with van der Waals surface area (Å²) in [6.07, 6.45) is -5.75. The van der Waals surface area contributed by atoms with E-state index in [1.54, 1.807) is 12.1 Å². The number of amides is 1. The molecule has 0 aliphatic rings. The minimum Gasteiger partial charge on any atom is -0.382 e. The normalized spacial score (nSPS) is 12.5. The zero-order chi connectivity index (χ0) is 22.8. The minimum atomic E-state index is -4.95. The molecule has 0 fully saturated rings. The Bertz CT molecular complexity index is 1170. The molecule has 2 heterocycles. The van der Waals surface area contributed by atoms with Crippen LogP contribution in [0.4, 0.5) is 17.6 Å². The van der Waals surface area contributed by atoms with Crippen molar-refractivity contribution in [1.82, 2.24) is 20.1 Å². The number of halogens is 5. The number of nitrogens with zero attached hydrogens (tertiary/aromatic N) is 3. The molecule has 12 heteroatoms. The Labute approximate surface area is 176 Å². The second kappa shape index (κ2) is 8.82. The highest BCUT2D eigenvalue weighted by molar-refractivity contribution is 6.30. The summed E-state index contributed by atoms with van der Waals surface area (Å²) in [4.78, 5) is 28.9. The third kappa shape index (κ3) is 5.25. The second-order valence-electron chi connectivity index (χ2n) is 6.30. The number of nitrogens with one attached hydrogen (secondary N) is 1. The number of aliphatic hydroxyl groups is 1. The molecule has 31 heavy (non-hydrogen) atoms. The van der Waals surface area contributed by atoms with Gasteiger partial charge in [-0.25, -0.2) is 4.39 Å². The van der Waals surface area contributed by atoms with Crippen molar-refractivity contribution in [2.75, 3.05) is 6.54 Å². The SMILES string of the molecule is O=C(NCC(O)C(F)(F)F)c1cc(-c2ccc(Cl)cc2)nn(-c2cncc(F)c2)c1=O. The Balaban J connectivity index is 2.08. The average Bonchev–Trinajstić information content (AvgIpc) is 2.72. The number of benzene rings is 1. The molecule has 2 aromatic heterocycles. The van der Waals surface area contributed by atoms with Gasteiger partial charge in [-0.15, -0.1) is 0 Å². The van der Waals surface area contributed by atoms with Crippen LogP contribution in [0.25, 0.3) is 16.9 Å². The number of alkyl halides is 3. The first-order valence-corrected chi connectivity index (χ1v) is 8.98. The fourth-order valence-electron chi connectivity index (χ4n) is 2.51. The van der Waals surface area contributed by atoms with Crippen molar-refractivity contribution >= 4 is 17.5 Å². The van der Waals surface area contributed by atoms with Crippen LogP contribution in [0.3, 0.4) is 0 Å². The van der Waals surface area contributed by atoms with E-state index >= 15 is 0 Å². The van der Waals surface area contributed by atoms with Crippen molar-refractivity contribution in [1.29, 1.82) is 0 Å². The lowest BCUT2D eigenvalue weighted by molar-refractivity contribution is -0.201. The van der Waals surface area contributed by atoms with E-state index in [4.69, 9.17) is 16.7 Å². The third-order valence-corrected chi connectivity index (χ3v) is 4.32. The minimum absolute atomic E-state index is 0.0852. The van der Waals surface area contributed by atoms with Crippen LogP contribution in [-0.4, -0.2) is 44.6 Å². The fourth-order valence-corrected chi connectivity index (χ4v) is 2.64. The predicted octanol–water partition coefficient (Wildman–Crippen LogP) is 2.74. The summed E-state index contributed by atoms with van der Waals surface area (Å²) in [7, 11) is 0. The first-order chi connectivity index (χ1) is 14.6. The number of carbonyl (C=O) groups is 1. The van der Waals surface area contributed by atoms with Gasteiger partial charge in [0.05, 0.1) is 30.3 Å². The molecule has 2 N–H and O–H groups in total. The number of carbonyl (C=O) groups excluding carboxylic acids is 1. The Hall–Kier alpha value is -3.31. The standard InChI is InChI=1S/C19H13ClF4N4O3/c20-11-3-1-10(2-4-11)15-6-14(17(30)26-9-16(29)19(22,23)24)18(31)28(27-15)13-5-12(21)7-25-8-13/h1-8,16,29H,9H2,(H,26,30).